The molecule has 0 aromatic heterocycles. The highest BCUT2D eigenvalue weighted by atomic mass is 19.1. The molecule has 1 fully saturated rings. The number of hydrogen-bond donors (Lipinski definition) is 0. The molecule has 0 aliphatic carbocycles. The number of benzene rings is 1. The first-order chi connectivity index (χ1) is 10.7. The van der Waals surface area contributed by atoms with Crippen LogP contribution in [0.5, 0.6) is 0 Å². The van der Waals surface area contributed by atoms with Crippen LogP contribution in [0, 0.1) is 5.82 Å². The van der Waals surface area contributed by atoms with E-state index in [2.05, 4.69) is 0 Å². The Morgan fingerprint density at radius 2 is 2.04 bits per heavy atom. The number of Topliss-reactive ketones (excluding diaryl/α,β-unsaturated/α-hetero) is 1. The maximum atomic E-state index is 14.0. The highest BCUT2D eigenvalue weighted by molar-refractivity contribution is 5.97. The number of alkyl halides is 1. The Kier molecular flexibility index (Phi) is 5.02. The lowest BCUT2D eigenvalue weighted by atomic mass is 10.0. The van der Waals surface area contributed by atoms with Crippen molar-refractivity contribution in [1.82, 2.24) is 4.90 Å². The minimum atomic E-state index is -1.23. The van der Waals surface area contributed by atoms with Gasteiger partial charge in [-0.1, -0.05) is 6.07 Å². The fourth-order valence-corrected chi connectivity index (χ4v) is 2.69. The Morgan fingerprint density at radius 1 is 1.35 bits per heavy atom. The third kappa shape index (κ3) is 4.06. The summed E-state index contributed by atoms with van der Waals surface area (Å²) in [7, 11) is 0. The second kappa shape index (κ2) is 6.64. The van der Waals surface area contributed by atoms with E-state index in [4.69, 9.17) is 4.74 Å². The van der Waals surface area contributed by atoms with E-state index in [1.807, 2.05) is 0 Å². The zero-order valence-electron chi connectivity index (χ0n) is 13.6. The molecule has 23 heavy (non-hydrogen) atoms. The molecular weight excluding hydrogens is 304 g/mol. The zero-order valence-corrected chi connectivity index (χ0v) is 13.6. The van der Waals surface area contributed by atoms with Crippen molar-refractivity contribution >= 4 is 11.9 Å². The molecule has 4 nitrogen and oxygen atoms in total. The van der Waals surface area contributed by atoms with Gasteiger partial charge >= 0.3 is 6.09 Å². The van der Waals surface area contributed by atoms with Gasteiger partial charge in [0.2, 0.25) is 0 Å². The van der Waals surface area contributed by atoms with Crippen molar-refractivity contribution in [2.75, 3.05) is 13.2 Å². The molecule has 0 radical (unpaired) electrons. The van der Waals surface area contributed by atoms with Crippen molar-refractivity contribution < 1.29 is 23.1 Å². The van der Waals surface area contributed by atoms with Crippen molar-refractivity contribution in [2.45, 2.75) is 45.3 Å². The Balaban J connectivity index is 2.21. The minimum absolute atomic E-state index is 0.266. The van der Waals surface area contributed by atoms with Crippen LogP contribution in [0.1, 0.15) is 55.6 Å². The van der Waals surface area contributed by atoms with Crippen molar-refractivity contribution in [3.05, 3.63) is 35.1 Å². The summed E-state index contributed by atoms with van der Waals surface area (Å²) in [5.74, 6) is -1.65. The lowest BCUT2D eigenvalue weighted by Crippen LogP contribution is -2.36. The van der Waals surface area contributed by atoms with Gasteiger partial charge in [-0.2, -0.15) is 0 Å². The quantitative estimate of drug-likeness (QED) is 0.788. The lowest BCUT2D eigenvalue weighted by Gasteiger charge is -2.29. The van der Waals surface area contributed by atoms with Gasteiger partial charge in [0.25, 0.3) is 0 Å². The molecule has 1 saturated heterocycles. The minimum Gasteiger partial charge on any atom is -0.444 e. The molecule has 0 saturated carbocycles. The van der Waals surface area contributed by atoms with Crippen LogP contribution >= 0.6 is 0 Å². The largest absolute Gasteiger partial charge is 0.444 e. The van der Waals surface area contributed by atoms with Gasteiger partial charge in [-0.15, -0.1) is 0 Å². The number of halogens is 2. The molecule has 0 spiro atoms. The Labute approximate surface area is 134 Å². The molecule has 1 atom stereocenters. The number of likely N-dealkylation sites (tertiary alicyclic amines) is 1. The van der Waals surface area contributed by atoms with E-state index in [-0.39, 0.29) is 11.6 Å². The summed E-state index contributed by atoms with van der Waals surface area (Å²) in [4.78, 5) is 25.1. The van der Waals surface area contributed by atoms with Crippen molar-refractivity contribution in [2.24, 2.45) is 0 Å². The Morgan fingerprint density at radius 3 is 2.61 bits per heavy atom. The highest BCUT2D eigenvalue weighted by Gasteiger charge is 2.33. The predicted octanol–water partition coefficient (Wildman–Crippen LogP) is 4.05. The summed E-state index contributed by atoms with van der Waals surface area (Å²) in [5.41, 5.74) is -0.285. The SMILES string of the molecule is CC(C)(C)OC(=O)N1CCCC1c1ccc(C(=O)CF)c(F)c1. The Hall–Kier alpha value is -1.98. The van der Waals surface area contributed by atoms with Gasteiger partial charge in [-0.05, 0) is 51.3 Å². The fraction of sp³-hybridized carbons (Fsp3) is 0.529. The molecule has 6 heteroatoms. The average Bonchev–Trinajstić information content (AvgIpc) is 2.94. The number of rotatable bonds is 3. The number of nitrogens with zero attached hydrogens (tertiary/aromatic N) is 1. The molecule has 1 aliphatic rings. The topological polar surface area (TPSA) is 46.6 Å². The highest BCUT2D eigenvalue weighted by Crippen LogP contribution is 2.33. The van der Waals surface area contributed by atoms with Gasteiger partial charge in [-0.25, -0.2) is 13.6 Å². The van der Waals surface area contributed by atoms with Crippen molar-refractivity contribution in [3.8, 4) is 0 Å². The maximum absolute atomic E-state index is 14.0. The third-order valence-corrected chi connectivity index (χ3v) is 3.68. The lowest BCUT2D eigenvalue weighted by molar-refractivity contribution is 0.0224. The van der Waals surface area contributed by atoms with Crippen LogP contribution in [-0.2, 0) is 4.74 Å². The third-order valence-electron chi connectivity index (χ3n) is 3.68. The number of amides is 1. The van der Waals surface area contributed by atoms with Crippen LogP contribution in [0.15, 0.2) is 18.2 Å². The molecule has 0 bridgehead atoms. The summed E-state index contributed by atoms with van der Waals surface area (Å²) >= 11 is 0. The molecule has 126 valence electrons. The predicted molar refractivity (Wildman–Crippen MR) is 81.6 cm³/mol. The molecule has 1 unspecified atom stereocenters. The summed E-state index contributed by atoms with van der Waals surface area (Å²) in [6.07, 6.45) is 1.04. The molecule has 2 rings (SSSR count). The van der Waals surface area contributed by atoms with Gasteiger partial charge < -0.3 is 9.64 Å². The van der Waals surface area contributed by atoms with Gasteiger partial charge in [0.15, 0.2) is 12.5 Å². The van der Waals surface area contributed by atoms with Crippen LogP contribution in [0.4, 0.5) is 13.6 Å². The van der Waals surface area contributed by atoms with Crippen molar-refractivity contribution in [1.29, 1.82) is 0 Å². The van der Waals surface area contributed by atoms with Gasteiger partial charge in [-0.3, -0.25) is 4.79 Å². The van der Waals surface area contributed by atoms with E-state index in [0.29, 0.717) is 18.5 Å². The smallest absolute Gasteiger partial charge is 0.410 e. The van der Waals surface area contributed by atoms with E-state index >= 15 is 0 Å². The first-order valence-corrected chi connectivity index (χ1v) is 7.61. The average molecular weight is 325 g/mol. The van der Waals surface area contributed by atoms with E-state index in [9.17, 15) is 18.4 Å². The number of ketones is 1. The normalized spacial score (nSPS) is 18.1. The molecule has 1 aliphatic heterocycles. The standard InChI is InChI=1S/C17H21F2NO3/c1-17(2,3)23-16(22)20-8-4-5-14(20)11-6-7-12(13(19)9-11)15(21)10-18/h6-7,9,14H,4-5,8,10H2,1-3H3. The fourth-order valence-electron chi connectivity index (χ4n) is 2.69. The second-order valence-electron chi connectivity index (χ2n) is 6.63. The van der Waals surface area contributed by atoms with Crippen LogP contribution in [0.2, 0.25) is 0 Å². The summed E-state index contributed by atoms with van der Waals surface area (Å²) in [6.45, 7) is 4.66. The van der Waals surface area contributed by atoms with Crippen LogP contribution < -0.4 is 0 Å². The first-order valence-electron chi connectivity index (χ1n) is 7.61. The summed E-state index contributed by atoms with van der Waals surface area (Å²) in [6, 6.07) is 3.75. The summed E-state index contributed by atoms with van der Waals surface area (Å²) < 4.78 is 31.8. The molecule has 0 N–H and O–H groups in total. The van der Waals surface area contributed by atoms with Crippen LogP contribution in [0.25, 0.3) is 0 Å². The van der Waals surface area contributed by atoms with Gasteiger partial charge in [0.05, 0.1) is 11.6 Å². The summed E-state index contributed by atoms with van der Waals surface area (Å²) in [5, 5.41) is 0. The molecule has 1 aromatic carbocycles. The van der Waals surface area contributed by atoms with Gasteiger partial charge in [0.1, 0.15) is 11.4 Å². The molecular formula is C17H21F2NO3. The van der Waals surface area contributed by atoms with Crippen LogP contribution in [0.3, 0.4) is 0 Å². The first kappa shape index (κ1) is 17.4. The Bertz CT molecular complexity index is 610. The van der Waals surface area contributed by atoms with E-state index < -0.39 is 30.0 Å². The number of carbonyl (C=O) groups is 2. The maximum Gasteiger partial charge on any atom is 0.410 e. The van der Waals surface area contributed by atoms with Crippen molar-refractivity contribution in [3.63, 3.8) is 0 Å². The number of hydrogen-bond acceptors (Lipinski definition) is 3. The monoisotopic (exact) mass is 325 g/mol. The number of carbonyl (C=O) groups excluding carboxylic acids is 2. The number of ether oxygens (including phenoxy) is 1. The van der Waals surface area contributed by atoms with E-state index in [0.717, 1.165) is 6.42 Å². The van der Waals surface area contributed by atoms with E-state index in [1.54, 1.807) is 31.7 Å². The molecule has 1 heterocycles. The van der Waals surface area contributed by atoms with Crippen LogP contribution in [-0.4, -0.2) is 35.6 Å². The van der Waals surface area contributed by atoms with E-state index in [1.165, 1.54) is 12.1 Å². The zero-order chi connectivity index (χ0) is 17.2. The second-order valence-corrected chi connectivity index (χ2v) is 6.63. The molecule has 1 amide bonds. The molecule has 1 aromatic rings. The van der Waals surface area contributed by atoms with Gasteiger partial charge in [0, 0.05) is 6.54 Å².